The number of H-pyrrole nitrogens is 1. The third kappa shape index (κ3) is 3.20. The molecule has 1 aromatic heterocycles. The minimum atomic E-state index is 0.740. The average Bonchev–Trinajstić information content (AvgIpc) is 2.69. The number of hydrogen-bond donors (Lipinski definition) is 2. The van der Waals surface area contributed by atoms with E-state index in [-0.39, 0.29) is 0 Å². The molecule has 1 aliphatic carbocycles. The number of nitrogens with zero attached hydrogens (tertiary/aromatic N) is 1. The molecule has 0 aliphatic heterocycles. The summed E-state index contributed by atoms with van der Waals surface area (Å²) in [6.07, 6.45) is 8.63. The summed E-state index contributed by atoms with van der Waals surface area (Å²) >= 11 is 0. The van der Waals surface area contributed by atoms with Crippen molar-refractivity contribution in [3.8, 4) is 0 Å². The van der Waals surface area contributed by atoms with Gasteiger partial charge in [-0.2, -0.15) is 0 Å². The first-order valence-electron chi connectivity index (χ1n) is 6.10. The van der Waals surface area contributed by atoms with E-state index in [1.165, 1.54) is 12.8 Å². The highest BCUT2D eigenvalue weighted by Gasteiger charge is 2.17. The Labute approximate surface area is 97.4 Å². The molecule has 3 nitrogen and oxygen atoms in total. The van der Waals surface area contributed by atoms with Crippen molar-refractivity contribution in [3.63, 3.8) is 0 Å². The van der Waals surface area contributed by atoms with Crippen LogP contribution >= 0.6 is 0 Å². The molecule has 1 aliphatic rings. The van der Waals surface area contributed by atoms with Crippen LogP contribution in [0.5, 0.6) is 0 Å². The molecule has 0 aromatic carbocycles. The van der Waals surface area contributed by atoms with E-state index in [1.54, 1.807) is 11.8 Å². The molecule has 2 unspecified atom stereocenters. The fourth-order valence-corrected chi connectivity index (χ4v) is 2.63. The van der Waals surface area contributed by atoms with Crippen molar-refractivity contribution in [2.75, 3.05) is 6.54 Å². The van der Waals surface area contributed by atoms with Gasteiger partial charge in [-0.05, 0) is 38.1 Å². The number of aromatic amines is 1. The number of aromatic nitrogens is 2. The Morgan fingerprint density at radius 1 is 1.56 bits per heavy atom. The van der Waals surface area contributed by atoms with Crippen molar-refractivity contribution in [1.82, 2.24) is 15.3 Å². The van der Waals surface area contributed by atoms with Crippen LogP contribution in [-0.4, -0.2) is 16.5 Å². The van der Waals surface area contributed by atoms with Crippen LogP contribution < -0.4 is 5.32 Å². The predicted molar refractivity (Wildman–Crippen MR) is 65.9 cm³/mol. The van der Waals surface area contributed by atoms with Crippen molar-refractivity contribution in [2.24, 2.45) is 11.8 Å². The van der Waals surface area contributed by atoms with E-state index in [2.05, 4.69) is 35.2 Å². The standard InChI is InChI=1S/C13H21N3/c1-10-5-11(2)7-12(6-10)8-14-9-13-15-3-4-16-13/h3-5,10,12,14H,6-9H2,1-2H3,(H,15,16). The molecule has 88 valence electrons. The molecule has 0 fully saturated rings. The number of nitrogens with one attached hydrogen (secondary N) is 2. The highest BCUT2D eigenvalue weighted by Crippen LogP contribution is 2.27. The van der Waals surface area contributed by atoms with Crippen LogP contribution in [-0.2, 0) is 6.54 Å². The monoisotopic (exact) mass is 219 g/mol. The maximum Gasteiger partial charge on any atom is 0.120 e. The van der Waals surface area contributed by atoms with Gasteiger partial charge in [-0.25, -0.2) is 4.98 Å². The lowest BCUT2D eigenvalue weighted by Gasteiger charge is -2.25. The zero-order valence-corrected chi connectivity index (χ0v) is 10.2. The lowest BCUT2D eigenvalue weighted by atomic mass is 9.84. The van der Waals surface area contributed by atoms with E-state index in [9.17, 15) is 0 Å². The van der Waals surface area contributed by atoms with Crippen molar-refractivity contribution in [2.45, 2.75) is 33.2 Å². The van der Waals surface area contributed by atoms with Crippen LogP contribution in [0, 0.1) is 11.8 Å². The summed E-state index contributed by atoms with van der Waals surface area (Å²) in [6.45, 7) is 6.49. The first kappa shape index (κ1) is 11.4. The maximum absolute atomic E-state index is 4.20. The molecule has 2 N–H and O–H groups in total. The quantitative estimate of drug-likeness (QED) is 0.764. The summed E-state index contributed by atoms with van der Waals surface area (Å²) in [5, 5.41) is 3.48. The lowest BCUT2D eigenvalue weighted by molar-refractivity contribution is 0.380. The molecular weight excluding hydrogens is 198 g/mol. The molecule has 0 saturated heterocycles. The minimum absolute atomic E-state index is 0.740. The number of rotatable bonds is 4. The van der Waals surface area contributed by atoms with Crippen LogP contribution in [0.15, 0.2) is 24.0 Å². The van der Waals surface area contributed by atoms with Crippen molar-refractivity contribution < 1.29 is 0 Å². The molecule has 2 rings (SSSR count). The van der Waals surface area contributed by atoms with E-state index >= 15 is 0 Å². The molecule has 1 aromatic rings. The van der Waals surface area contributed by atoms with E-state index < -0.39 is 0 Å². The van der Waals surface area contributed by atoms with Gasteiger partial charge < -0.3 is 10.3 Å². The topological polar surface area (TPSA) is 40.7 Å². The van der Waals surface area contributed by atoms with Gasteiger partial charge in [0.1, 0.15) is 5.82 Å². The molecule has 1 heterocycles. The van der Waals surface area contributed by atoms with Crippen LogP contribution in [0.2, 0.25) is 0 Å². The Morgan fingerprint density at radius 2 is 2.44 bits per heavy atom. The second-order valence-electron chi connectivity index (χ2n) is 4.96. The van der Waals surface area contributed by atoms with Crippen molar-refractivity contribution >= 4 is 0 Å². The zero-order valence-electron chi connectivity index (χ0n) is 10.2. The van der Waals surface area contributed by atoms with Gasteiger partial charge in [-0.15, -0.1) is 0 Å². The molecule has 0 bridgehead atoms. The summed E-state index contributed by atoms with van der Waals surface area (Å²) in [5.41, 5.74) is 1.54. The fourth-order valence-electron chi connectivity index (χ4n) is 2.63. The summed E-state index contributed by atoms with van der Waals surface area (Å²) in [6, 6.07) is 0. The molecular formula is C13H21N3. The summed E-state index contributed by atoms with van der Waals surface area (Å²) in [5.74, 6) is 2.55. The van der Waals surface area contributed by atoms with Crippen LogP contribution in [0.1, 0.15) is 32.5 Å². The minimum Gasteiger partial charge on any atom is -0.348 e. The van der Waals surface area contributed by atoms with E-state index in [1.807, 2.05) is 6.20 Å². The normalized spacial score (nSPS) is 25.5. The third-order valence-corrected chi connectivity index (χ3v) is 3.17. The highest BCUT2D eigenvalue weighted by molar-refractivity contribution is 5.06. The Hall–Kier alpha value is -1.09. The molecule has 0 radical (unpaired) electrons. The largest absolute Gasteiger partial charge is 0.348 e. The Balaban J connectivity index is 1.73. The van der Waals surface area contributed by atoms with Gasteiger partial charge >= 0.3 is 0 Å². The van der Waals surface area contributed by atoms with E-state index in [4.69, 9.17) is 0 Å². The third-order valence-electron chi connectivity index (χ3n) is 3.17. The molecule has 2 atom stereocenters. The van der Waals surface area contributed by atoms with E-state index in [0.29, 0.717) is 0 Å². The second kappa shape index (κ2) is 5.30. The molecule has 3 heteroatoms. The smallest absolute Gasteiger partial charge is 0.120 e. The zero-order chi connectivity index (χ0) is 11.4. The van der Waals surface area contributed by atoms with Gasteiger partial charge in [-0.1, -0.05) is 18.6 Å². The number of imidazole rings is 1. The van der Waals surface area contributed by atoms with Gasteiger partial charge in [0, 0.05) is 12.4 Å². The molecule has 0 spiro atoms. The van der Waals surface area contributed by atoms with Gasteiger partial charge in [0.25, 0.3) is 0 Å². The predicted octanol–water partition coefficient (Wildman–Crippen LogP) is 2.49. The average molecular weight is 219 g/mol. The Morgan fingerprint density at radius 3 is 3.12 bits per heavy atom. The summed E-state index contributed by atoms with van der Waals surface area (Å²) in [7, 11) is 0. The first-order chi connectivity index (χ1) is 7.74. The molecule has 16 heavy (non-hydrogen) atoms. The SMILES string of the molecule is CC1=CC(C)CC(CNCc2ncc[nH]2)C1. The van der Waals surface area contributed by atoms with Crippen molar-refractivity contribution in [1.29, 1.82) is 0 Å². The van der Waals surface area contributed by atoms with Crippen LogP contribution in [0.4, 0.5) is 0 Å². The number of allylic oxidation sites excluding steroid dienone is 2. The Kier molecular flexibility index (Phi) is 3.78. The first-order valence-corrected chi connectivity index (χ1v) is 6.10. The number of hydrogen-bond acceptors (Lipinski definition) is 2. The molecule has 0 saturated carbocycles. The van der Waals surface area contributed by atoms with Crippen LogP contribution in [0.25, 0.3) is 0 Å². The van der Waals surface area contributed by atoms with Gasteiger partial charge in [0.05, 0.1) is 6.54 Å². The lowest BCUT2D eigenvalue weighted by Crippen LogP contribution is -2.26. The maximum atomic E-state index is 4.20. The van der Waals surface area contributed by atoms with Crippen molar-refractivity contribution in [3.05, 3.63) is 29.9 Å². The second-order valence-corrected chi connectivity index (χ2v) is 4.96. The van der Waals surface area contributed by atoms with Gasteiger partial charge in [0.15, 0.2) is 0 Å². The van der Waals surface area contributed by atoms with Gasteiger partial charge in [0.2, 0.25) is 0 Å². The van der Waals surface area contributed by atoms with Gasteiger partial charge in [-0.3, -0.25) is 0 Å². The fraction of sp³-hybridized carbons (Fsp3) is 0.615. The molecule has 0 amide bonds. The van der Waals surface area contributed by atoms with E-state index in [0.717, 1.165) is 30.7 Å². The highest BCUT2D eigenvalue weighted by atomic mass is 15.0. The summed E-state index contributed by atoms with van der Waals surface area (Å²) < 4.78 is 0. The summed E-state index contributed by atoms with van der Waals surface area (Å²) in [4.78, 5) is 7.31. The van der Waals surface area contributed by atoms with Crippen LogP contribution in [0.3, 0.4) is 0 Å². The Bertz CT molecular complexity index is 340.